The fourth-order valence-corrected chi connectivity index (χ4v) is 3.61. The first-order valence-corrected chi connectivity index (χ1v) is 8.99. The Balaban J connectivity index is 1.70. The van der Waals surface area contributed by atoms with E-state index in [1.807, 2.05) is 6.92 Å². The molecule has 0 radical (unpaired) electrons. The van der Waals surface area contributed by atoms with Crippen LogP contribution in [0.25, 0.3) is 11.0 Å². The number of imidazole rings is 1. The lowest BCUT2D eigenvalue weighted by Gasteiger charge is -2.22. The van der Waals surface area contributed by atoms with Crippen molar-refractivity contribution in [2.75, 3.05) is 0 Å². The molecule has 0 saturated carbocycles. The Labute approximate surface area is 163 Å². The molecule has 2 aromatic carbocycles. The number of carbonyl (C=O) groups excluding carboxylic acids is 2. The molecule has 29 heavy (non-hydrogen) atoms. The number of hydrogen-bond acceptors (Lipinski definition) is 3. The molecule has 1 unspecified atom stereocenters. The lowest BCUT2D eigenvalue weighted by Crippen LogP contribution is -2.41. The quantitative estimate of drug-likeness (QED) is 0.680. The lowest BCUT2D eigenvalue weighted by molar-refractivity contribution is -0.131. The Morgan fingerprint density at radius 3 is 2.52 bits per heavy atom. The monoisotopic (exact) mass is 402 g/mol. The molecule has 4 rings (SSSR count). The molecule has 6 nitrogen and oxygen atoms in total. The SMILES string of the molecule is CCn1c(CN2C(=O)NC(C)(c3ccc(F)c(F)c3)C2=O)nc2cc(F)ccc21. The number of imide groups is 1. The van der Waals surface area contributed by atoms with E-state index in [-0.39, 0.29) is 12.1 Å². The van der Waals surface area contributed by atoms with Crippen LogP contribution in [0.5, 0.6) is 0 Å². The number of rotatable bonds is 4. The third-order valence-electron chi connectivity index (χ3n) is 5.18. The molecule has 0 bridgehead atoms. The summed E-state index contributed by atoms with van der Waals surface area (Å²) in [5, 5.41) is 2.54. The van der Waals surface area contributed by atoms with E-state index < -0.39 is 34.9 Å². The van der Waals surface area contributed by atoms with Gasteiger partial charge in [0, 0.05) is 12.6 Å². The third kappa shape index (κ3) is 2.93. The van der Waals surface area contributed by atoms with E-state index in [2.05, 4.69) is 10.3 Å². The molecular formula is C20H17F3N4O2. The Kier molecular flexibility index (Phi) is 4.33. The van der Waals surface area contributed by atoms with Gasteiger partial charge in [-0.05, 0) is 43.7 Å². The van der Waals surface area contributed by atoms with Gasteiger partial charge in [-0.2, -0.15) is 0 Å². The predicted octanol–water partition coefficient (Wildman–Crippen LogP) is 3.44. The van der Waals surface area contributed by atoms with Gasteiger partial charge < -0.3 is 9.88 Å². The summed E-state index contributed by atoms with van der Waals surface area (Å²) in [5.41, 5.74) is -0.319. The average molecular weight is 402 g/mol. The topological polar surface area (TPSA) is 67.2 Å². The molecule has 0 spiro atoms. The van der Waals surface area contributed by atoms with Gasteiger partial charge in [0.25, 0.3) is 5.91 Å². The van der Waals surface area contributed by atoms with Crippen LogP contribution in [0, 0.1) is 17.5 Å². The van der Waals surface area contributed by atoms with Gasteiger partial charge in [0.1, 0.15) is 17.2 Å². The Morgan fingerprint density at radius 2 is 1.83 bits per heavy atom. The molecule has 2 heterocycles. The van der Waals surface area contributed by atoms with Gasteiger partial charge in [-0.25, -0.2) is 22.9 Å². The maximum atomic E-state index is 13.7. The molecule has 150 valence electrons. The predicted molar refractivity (Wildman–Crippen MR) is 98.2 cm³/mol. The smallest absolute Gasteiger partial charge is 0.325 e. The number of aryl methyl sites for hydroxylation is 1. The molecule has 1 N–H and O–H groups in total. The van der Waals surface area contributed by atoms with E-state index in [0.717, 1.165) is 17.0 Å². The van der Waals surface area contributed by atoms with E-state index in [1.165, 1.54) is 25.1 Å². The van der Waals surface area contributed by atoms with Crippen molar-refractivity contribution in [2.45, 2.75) is 32.5 Å². The number of carbonyl (C=O) groups is 2. The number of aromatic nitrogens is 2. The highest BCUT2D eigenvalue weighted by atomic mass is 19.2. The first-order chi connectivity index (χ1) is 13.7. The van der Waals surface area contributed by atoms with Gasteiger partial charge in [0.05, 0.1) is 17.6 Å². The minimum atomic E-state index is -1.54. The fourth-order valence-electron chi connectivity index (χ4n) is 3.61. The molecule has 1 saturated heterocycles. The van der Waals surface area contributed by atoms with E-state index in [4.69, 9.17) is 0 Å². The second kappa shape index (κ2) is 6.61. The molecule has 1 fully saturated rings. The molecule has 1 aliphatic heterocycles. The van der Waals surface area contributed by atoms with Crippen LogP contribution in [0.3, 0.4) is 0 Å². The Morgan fingerprint density at radius 1 is 1.07 bits per heavy atom. The zero-order chi connectivity index (χ0) is 20.9. The molecule has 1 aliphatic rings. The Bertz CT molecular complexity index is 1160. The largest absolute Gasteiger partial charge is 0.327 e. The van der Waals surface area contributed by atoms with E-state index in [0.29, 0.717) is 23.4 Å². The molecule has 1 atom stereocenters. The van der Waals surface area contributed by atoms with Crippen molar-refractivity contribution in [3.05, 3.63) is 65.2 Å². The standard InChI is InChI=1S/C20H17F3N4O2/c1-3-26-16-7-5-12(21)9-15(16)24-17(26)10-27-18(28)20(2,25-19(27)29)11-4-6-13(22)14(23)8-11/h4-9H,3,10H2,1-2H3,(H,25,29). The summed E-state index contributed by atoms with van der Waals surface area (Å²) in [5.74, 6) is -2.81. The second-order valence-corrected chi connectivity index (χ2v) is 6.98. The van der Waals surface area contributed by atoms with Crippen molar-refractivity contribution in [3.8, 4) is 0 Å². The van der Waals surface area contributed by atoms with Crippen LogP contribution < -0.4 is 5.32 Å². The van der Waals surface area contributed by atoms with Crippen molar-refractivity contribution in [3.63, 3.8) is 0 Å². The normalized spacial score (nSPS) is 19.3. The lowest BCUT2D eigenvalue weighted by atomic mass is 9.92. The third-order valence-corrected chi connectivity index (χ3v) is 5.18. The Hall–Kier alpha value is -3.36. The van der Waals surface area contributed by atoms with Crippen LogP contribution >= 0.6 is 0 Å². The summed E-state index contributed by atoms with van der Waals surface area (Å²) < 4.78 is 42.2. The number of halogens is 3. The van der Waals surface area contributed by atoms with E-state index >= 15 is 0 Å². The van der Waals surface area contributed by atoms with Crippen LogP contribution in [0.15, 0.2) is 36.4 Å². The molecule has 3 amide bonds. The molecular weight excluding hydrogens is 385 g/mol. The molecule has 0 aliphatic carbocycles. The summed E-state index contributed by atoms with van der Waals surface area (Å²) in [6.07, 6.45) is 0. The fraction of sp³-hybridized carbons (Fsp3) is 0.250. The number of amides is 3. The number of nitrogens with zero attached hydrogens (tertiary/aromatic N) is 3. The molecule has 3 aromatic rings. The van der Waals surface area contributed by atoms with Crippen LogP contribution in [0.2, 0.25) is 0 Å². The van der Waals surface area contributed by atoms with Crippen LogP contribution in [-0.2, 0) is 23.4 Å². The minimum absolute atomic E-state index is 0.128. The number of benzene rings is 2. The van der Waals surface area contributed by atoms with Gasteiger partial charge >= 0.3 is 6.03 Å². The van der Waals surface area contributed by atoms with Crippen LogP contribution in [0.4, 0.5) is 18.0 Å². The molecule has 9 heteroatoms. The highest BCUT2D eigenvalue weighted by Gasteiger charge is 2.49. The first kappa shape index (κ1) is 19.0. The number of hydrogen-bond donors (Lipinski definition) is 1. The highest BCUT2D eigenvalue weighted by Crippen LogP contribution is 2.31. The zero-order valence-corrected chi connectivity index (χ0v) is 15.7. The number of nitrogens with one attached hydrogen (secondary N) is 1. The van der Waals surface area contributed by atoms with Crippen molar-refractivity contribution < 1.29 is 22.8 Å². The van der Waals surface area contributed by atoms with Crippen molar-refractivity contribution in [1.82, 2.24) is 19.8 Å². The van der Waals surface area contributed by atoms with Gasteiger partial charge in [0.15, 0.2) is 11.6 Å². The van der Waals surface area contributed by atoms with Gasteiger partial charge in [-0.15, -0.1) is 0 Å². The summed E-state index contributed by atoms with van der Waals surface area (Å²) in [4.78, 5) is 30.9. The second-order valence-electron chi connectivity index (χ2n) is 6.98. The summed E-state index contributed by atoms with van der Waals surface area (Å²) in [6, 6.07) is 6.55. The van der Waals surface area contributed by atoms with E-state index in [1.54, 1.807) is 10.6 Å². The van der Waals surface area contributed by atoms with E-state index in [9.17, 15) is 22.8 Å². The first-order valence-electron chi connectivity index (χ1n) is 8.99. The summed E-state index contributed by atoms with van der Waals surface area (Å²) >= 11 is 0. The summed E-state index contributed by atoms with van der Waals surface area (Å²) in [6.45, 7) is 3.65. The zero-order valence-electron chi connectivity index (χ0n) is 15.7. The van der Waals surface area contributed by atoms with Crippen LogP contribution in [0.1, 0.15) is 25.2 Å². The van der Waals surface area contributed by atoms with Crippen molar-refractivity contribution in [2.24, 2.45) is 0 Å². The molecule has 1 aromatic heterocycles. The highest BCUT2D eigenvalue weighted by molar-refractivity contribution is 6.07. The van der Waals surface area contributed by atoms with Crippen molar-refractivity contribution in [1.29, 1.82) is 0 Å². The number of urea groups is 1. The number of fused-ring (bicyclic) bond motifs is 1. The maximum Gasteiger partial charge on any atom is 0.325 e. The van der Waals surface area contributed by atoms with Crippen LogP contribution in [-0.4, -0.2) is 26.4 Å². The van der Waals surface area contributed by atoms with Gasteiger partial charge in [-0.1, -0.05) is 6.07 Å². The maximum absolute atomic E-state index is 13.7. The summed E-state index contributed by atoms with van der Waals surface area (Å²) in [7, 11) is 0. The minimum Gasteiger partial charge on any atom is -0.327 e. The van der Waals surface area contributed by atoms with Gasteiger partial charge in [-0.3, -0.25) is 9.69 Å². The van der Waals surface area contributed by atoms with Gasteiger partial charge in [0.2, 0.25) is 0 Å². The average Bonchev–Trinajstić information content (AvgIpc) is 3.13. The van der Waals surface area contributed by atoms with Crippen molar-refractivity contribution >= 4 is 23.0 Å².